The van der Waals surface area contributed by atoms with Gasteiger partial charge in [-0.05, 0) is 57.2 Å². The number of anilines is 1. The van der Waals surface area contributed by atoms with Gasteiger partial charge >= 0.3 is 5.97 Å². The molecule has 2 heterocycles. The van der Waals surface area contributed by atoms with E-state index in [-0.39, 0.29) is 5.76 Å². The van der Waals surface area contributed by atoms with Crippen LogP contribution in [-0.2, 0) is 9.53 Å². The summed E-state index contributed by atoms with van der Waals surface area (Å²) >= 11 is 5.94. The van der Waals surface area contributed by atoms with Gasteiger partial charge in [0, 0.05) is 10.4 Å². The van der Waals surface area contributed by atoms with Crippen molar-refractivity contribution in [2.24, 2.45) is 0 Å². The SMILES string of the molecule is Cc1ccc(-n2nc(C)c(NC(=O)COC(=O)c3cc4cc(Cl)ccc4o3)c2C)cc1. The van der Waals surface area contributed by atoms with E-state index in [0.29, 0.717) is 27.4 Å². The minimum absolute atomic E-state index is 0.00428. The van der Waals surface area contributed by atoms with Crippen LogP contribution >= 0.6 is 11.6 Å². The third kappa shape index (κ3) is 4.32. The number of esters is 1. The Bertz CT molecular complexity index is 1290. The van der Waals surface area contributed by atoms with Crippen molar-refractivity contribution in [2.75, 3.05) is 11.9 Å². The molecule has 1 N–H and O–H groups in total. The highest BCUT2D eigenvalue weighted by Gasteiger charge is 2.18. The molecule has 4 rings (SSSR count). The standard InChI is InChI=1S/C23H20ClN3O4/c1-13-4-7-18(8-5-13)27-15(3)22(14(2)26-27)25-21(28)12-30-23(29)20-11-16-10-17(24)6-9-19(16)31-20/h4-11H,12H2,1-3H3,(H,25,28). The van der Waals surface area contributed by atoms with Crippen molar-refractivity contribution in [1.82, 2.24) is 9.78 Å². The molecule has 0 saturated carbocycles. The molecule has 8 heteroatoms. The smallest absolute Gasteiger partial charge is 0.374 e. The number of aromatic nitrogens is 2. The molecule has 158 valence electrons. The number of ether oxygens (including phenoxy) is 1. The van der Waals surface area contributed by atoms with Gasteiger partial charge in [0.25, 0.3) is 5.91 Å². The number of carbonyl (C=O) groups is 2. The van der Waals surface area contributed by atoms with Gasteiger partial charge < -0.3 is 14.5 Å². The molecular formula is C23H20ClN3O4. The number of amides is 1. The lowest BCUT2D eigenvalue weighted by molar-refractivity contribution is -0.119. The van der Waals surface area contributed by atoms with E-state index in [1.807, 2.05) is 38.1 Å². The van der Waals surface area contributed by atoms with Crippen molar-refractivity contribution in [3.63, 3.8) is 0 Å². The Balaban J connectivity index is 1.42. The highest BCUT2D eigenvalue weighted by atomic mass is 35.5. The largest absolute Gasteiger partial charge is 0.450 e. The molecule has 0 fully saturated rings. The molecule has 0 spiro atoms. The molecule has 0 atom stereocenters. The molecule has 1 amide bonds. The van der Waals surface area contributed by atoms with Crippen molar-refractivity contribution < 1.29 is 18.7 Å². The number of hydrogen-bond acceptors (Lipinski definition) is 5. The molecule has 2 aromatic carbocycles. The van der Waals surface area contributed by atoms with Crippen LogP contribution in [0.3, 0.4) is 0 Å². The van der Waals surface area contributed by atoms with Gasteiger partial charge in [-0.15, -0.1) is 0 Å². The van der Waals surface area contributed by atoms with Gasteiger partial charge in [-0.25, -0.2) is 9.48 Å². The number of hydrogen-bond donors (Lipinski definition) is 1. The first-order valence-electron chi connectivity index (χ1n) is 9.61. The molecule has 4 aromatic rings. The van der Waals surface area contributed by atoms with E-state index in [9.17, 15) is 9.59 Å². The average Bonchev–Trinajstić information content (AvgIpc) is 3.28. The maximum absolute atomic E-state index is 12.4. The number of fused-ring (bicyclic) bond motifs is 1. The Labute approximate surface area is 183 Å². The summed E-state index contributed by atoms with van der Waals surface area (Å²) in [7, 11) is 0. The second-order valence-electron chi connectivity index (χ2n) is 7.21. The summed E-state index contributed by atoms with van der Waals surface area (Å²) in [5.41, 5.74) is 4.56. The van der Waals surface area contributed by atoms with Crippen LogP contribution in [0.1, 0.15) is 27.5 Å². The number of nitrogens with one attached hydrogen (secondary N) is 1. The molecule has 0 unspecified atom stereocenters. The zero-order chi connectivity index (χ0) is 22.1. The van der Waals surface area contributed by atoms with Gasteiger partial charge in [0.1, 0.15) is 5.58 Å². The Kier molecular flexibility index (Phi) is 5.52. The van der Waals surface area contributed by atoms with E-state index in [1.54, 1.807) is 29.8 Å². The topological polar surface area (TPSA) is 86.4 Å². The molecule has 0 bridgehead atoms. The van der Waals surface area contributed by atoms with Crippen LogP contribution in [0, 0.1) is 20.8 Å². The predicted molar refractivity (Wildman–Crippen MR) is 118 cm³/mol. The van der Waals surface area contributed by atoms with Gasteiger partial charge in [0.15, 0.2) is 6.61 Å². The van der Waals surface area contributed by atoms with Crippen LogP contribution in [0.5, 0.6) is 0 Å². The quantitative estimate of drug-likeness (QED) is 0.444. The fourth-order valence-corrected chi connectivity index (χ4v) is 3.43. The zero-order valence-electron chi connectivity index (χ0n) is 17.2. The molecule has 0 aliphatic carbocycles. The number of aryl methyl sites for hydroxylation is 2. The Morgan fingerprint density at radius 3 is 2.58 bits per heavy atom. The summed E-state index contributed by atoms with van der Waals surface area (Å²) < 4.78 is 12.3. The van der Waals surface area contributed by atoms with E-state index >= 15 is 0 Å². The zero-order valence-corrected chi connectivity index (χ0v) is 18.0. The molecule has 7 nitrogen and oxygen atoms in total. The fraction of sp³-hybridized carbons (Fsp3) is 0.174. The van der Waals surface area contributed by atoms with Gasteiger partial charge in [-0.2, -0.15) is 5.10 Å². The fourth-order valence-electron chi connectivity index (χ4n) is 3.25. The van der Waals surface area contributed by atoms with Crippen LogP contribution in [-0.4, -0.2) is 28.3 Å². The van der Waals surface area contributed by atoms with Gasteiger partial charge in [0.2, 0.25) is 5.76 Å². The summed E-state index contributed by atoms with van der Waals surface area (Å²) in [5.74, 6) is -1.20. The van der Waals surface area contributed by atoms with Gasteiger partial charge in [-0.3, -0.25) is 4.79 Å². The first kappa shape index (κ1) is 20.7. The minimum atomic E-state index is -0.730. The maximum Gasteiger partial charge on any atom is 0.374 e. The van der Waals surface area contributed by atoms with E-state index in [1.165, 1.54) is 6.07 Å². The highest BCUT2D eigenvalue weighted by Crippen LogP contribution is 2.24. The van der Waals surface area contributed by atoms with E-state index in [2.05, 4.69) is 10.4 Å². The molecule has 0 aliphatic heterocycles. The average molecular weight is 438 g/mol. The third-order valence-electron chi connectivity index (χ3n) is 4.85. The number of furan rings is 1. The van der Waals surface area contributed by atoms with Crippen LogP contribution in [0.15, 0.2) is 52.9 Å². The van der Waals surface area contributed by atoms with Crippen LogP contribution in [0.2, 0.25) is 5.02 Å². The molecule has 0 saturated heterocycles. The van der Waals surface area contributed by atoms with E-state index in [0.717, 1.165) is 16.9 Å². The highest BCUT2D eigenvalue weighted by molar-refractivity contribution is 6.31. The Morgan fingerprint density at radius 1 is 1.10 bits per heavy atom. The second kappa shape index (κ2) is 8.28. The normalized spacial score (nSPS) is 11.0. The van der Waals surface area contributed by atoms with E-state index in [4.69, 9.17) is 20.8 Å². The van der Waals surface area contributed by atoms with Crippen LogP contribution < -0.4 is 5.32 Å². The lowest BCUT2D eigenvalue weighted by atomic mass is 10.2. The van der Waals surface area contributed by atoms with Crippen LogP contribution in [0.25, 0.3) is 16.7 Å². The Morgan fingerprint density at radius 2 is 1.84 bits per heavy atom. The third-order valence-corrected chi connectivity index (χ3v) is 5.08. The number of benzene rings is 2. The summed E-state index contributed by atoms with van der Waals surface area (Å²) in [6.07, 6.45) is 0. The molecule has 2 aromatic heterocycles. The molecule has 0 aliphatic rings. The van der Waals surface area contributed by atoms with Crippen molar-refractivity contribution in [3.05, 3.63) is 76.3 Å². The van der Waals surface area contributed by atoms with E-state index < -0.39 is 18.5 Å². The number of rotatable bonds is 5. The minimum Gasteiger partial charge on any atom is -0.450 e. The monoisotopic (exact) mass is 437 g/mol. The first-order chi connectivity index (χ1) is 14.8. The maximum atomic E-state index is 12.4. The summed E-state index contributed by atoms with van der Waals surface area (Å²) in [6, 6.07) is 14.5. The van der Waals surface area contributed by atoms with Crippen molar-refractivity contribution in [1.29, 1.82) is 0 Å². The molecule has 0 radical (unpaired) electrons. The predicted octanol–water partition coefficient (Wildman–Crippen LogP) is 4.99. The second-order valence-corrected chi connectivity index (χ2v) is 7.65. The number of carbonyl (C=O) groups excluding carboxylic acids is 2. The summed E-state index contributed by atoms with van der Waals surface area (Å²) in [6.45, 7) is 5.23. The molecular weight excluding hydrogens is 418 g/mol. The van der Waals surface area contributed by atoms with Crippen molar-refractivity contribution in [2.45, 2.75) is 20.8 Å². The van der Waals surface area contributed by atoms with Crippen molar-refractivity contribution in [3.8, 4) is 5.69 Å². The lowest BCUT2D eigenvalue weighted by Gasteiger charge is -2.08. The lowest BCUT2D eigenvalue weighted by Crippen LogP contribution is -2.21. The summed E-state index contributed by atoms with van der Waals surface area (Å²) in [5, 5.41) is 8.49. The number of halogens is 1. The van der Waals surface area contributed by atoms with Crippen LogP contribution in [0.4, 0.5) is 5.69 Å². The number of nitrogens with zero attached hydrogens (tertiary/aromatic N) is 2. The first-order valence-corrected chi connectivity index (χ1v) is 9.99. The molecule has 31 heavy (non-hydrogen) atoms. The van der Waals surface area contributed by atoms with Crippen molar-refractivity contribution >= 4 is 40.1 Å². The summed E-state index contributed by atoms with van der Waals surface area (Å²) in [4.78, 5) is 24.6. The van der Waals surface area contributed by atoms with Gasteiger partial charge in [-0.1, -0.05) is 29.3 Å². The van der Waals surface area contributed by atoms with Gasteiger partial charge in [0.05, 0.1) is 22.8 Å². The Hall–Kier alpha value is -3.58.